The molecule has 4 nitrogen and oxygen atoms in total. The van der Waals surface area contributed by atoms with Crippen LogP contribution in [0.2, 0.25) is 0 Å². The van der Waals surface area contributed by atoms with Gasteiger partial charge in [0.25, 0.3) is 0 Å². The van der Waals surface area contributed by atoms with Gasteiger partial charge in [0.1, 0.15) is 12.7 Å². The van der Waals surface area contributed by atoms with Gasteiger partial charge in [-0.1, -0.05) is 25.5 Å². The van der Waals surface area contributed by atoms with E-state index in [4.69, 9.17) is 14.9 Å². The van der Waals surface area contributed by atoms with Crippen molar-refractivity contribution in [2.75, 3.05) is 13.2 Å². The lowest BCUT2D eigenvalue weighted by Gasteiger charge is -2.07. The molecule has 88 valence electrons. The Kier molecular flexibility index (Phi) is 9.11. The SMILES string of the molecule is CCC/C=C\CCC(=O)OCC(O)CO. The van der Waals surface area contributed by atoms with Crippen LogP contribution in [0.15, 0.2) is 12.2 Å². The third-order valence-corrected chi connectivity index (χ3v) is 1.78. The number of aliphatic hydroxyl groups excluding tert-OH is 2. The van der Waals surface area contributed by atoms with Gasteiger partial charge in [0.2, 0.25) is 0 Å². The van der Waals surface area contributed by atoms with Gasteiger partial charge in [-0.05, 0) is 12.8 Å². The molecule has 0 rings (SSSR count). The van der Waals surface area contributed by atoms with Crippen LogP contribution < -0.4 is 0 Å². The van der Waals surface area contributed by atoms with E-state index in [1.54, 1.807) is 0 Å². The van der Waals surface area contributed by atoms with E-state index in [9.17, 15) is 4.79 Å². The van der Waals surface area contributed by atoms with Crippen LogP contribution in [0.25, 0.3) is 0 Å². The Morgan fingerprint density at radius 3 is 2.67 bits per heavy atom. The highest BCUT2D eigenvalue weighted by Gasteiger charge is 2.06. The third kappa shape index (κ3) is 9.43. The number of aliphatic hydroxyl groups is 2. The summed E-state index contributed by atoms with van der Waals surface area (Å²) in [6.07, 6.45) is 6.13. The van der Waals surface area contributed by atoms with Crippen LogP contribution in [0.4, 0.5) is 0 Å². The van der Waals surface area contributed by atoms with E-state index in [1.165, 1.54) is 0 Å². The van der Waals surface area contributed by atoms with Crippen molar-refractivity contribution in [3.63, 3.8) is 0 Å². The monoisotopic (exact) mass is 216 g/mol. The van der Waals surface area contributed by atoms with Crippen LogP contribution >= 0.6 is 0 Å². The van der Waals surface area contributed by atoms with E-state index in [1.807, 2.05) is 12.2 Å². The van der Waals surface area contributed by atoms with Gasteiger partial charge in [-0.15, -0.1) is 0 Å². The highest BCUT2D eigenvalue weighted by molar-refractivity contribution is 5.69. The van der Waals surface area contributed by atoms with Crippen LogP contribution in [-0.2, 0) is 9.53 Å². The van der Waals surface area contributed by atoms with Crippen LogP contribution in [0.3, 0.4) is 0 Å². The first kappa shape index (κ1) is 14.1. The summed E-state index contributed by atoms with van der Waals surface area (Å²) in [5.41, 5.74) is 0. The summed E-state index contributed by atoms with van der Waals surface area (Å²) in [7, 11) is 0. The first-order chi connectivity index (χ1) is 7.20. The lowest BCUT2D eigenvalue weighted by Crippen LogP contribution is -2.21. The predicted molar refractivity (Wildman–Crippen MR) is 57.3 cm³/mol. The van der Waals surface area contributed by atoms with Gasteiger partial charge in [0.15, 0.2) is 0 Å². The molecule has 0 aliphatic rings. The number of esters is 1. The Morgan fingerprint density at radius 2 is 2.07 bits per heavy atom. The zero-order valence-electron chi connectivity index (χ0n) is 9.19. The number of carbonyl (C=O) groups is 1. The van der Waals surface area contributed by atoms with Crippen molar-refractivity contribution in [1.82, 2.24) is 0 Å². The molecule has 15 heavy (non-hydrogen) atoms. The lowest BCUT2D eigenvalue weighted by atomic mass is 10.2. The standard InChI is InChI=1S/C11H20O4/c1-2-3-4-5-6-7-11(14)15-9-10(13)8-12/h4-5,10,12-13H,2-3,6-9H2,1H3/b5-4-. The molecule has 0 saturated heterocycles. The Hall–Kier alpha value is -0.870. The number of allylic oxidation sites excluding steroid dienone is 2. The molecule has 0 bridgehead atoms. The molecule has 2 N–H and O–H groups in total. The summed E-state index contributed by atoms with van der Waals surface area (Å²) in [6, 6.07) is 0. The molecule has 0 aliphatic heterocycles. The minimum Gasteiger partial charge on any atom is -0.463 e. The summed E-state index contributed by atoms with van der Waals surface area (Å²) in [6.45, 7) is 1.58. The van der Waals surface area contributed by atoms with Crippen LogP contribution in [0.1, 0.15) is 32.6 Å². The summed E-state index contributed by atoms with van der Waals surface area (Å²) in [5.74, 6) is -0.344. The zero-order chi connectivity index (χ0) is 11.5. The maximum atomic E-state index is 11.0. The average Bonchev–Trinajstić information content (AvgIpc) is 2.25. The van der Waals surface area contributed by atoms with Gasteiger partial charge >= 0.3 is 5.97 Å². The zero-order valence-corrected chi connectivity index (χ0v) is 9.19. The second kappa shape index (κ2) is 9.68. The number of unbranched alkanes of at least 4 members (excludes halogenated alkanes) is 1. The molecular formula is C11H20O4. The average molecular weight is 216 g/mol. The van der Waals surface area contributed by atoms with Crippen molar-refractivity contribution in [2.24, 2.45) is 0 Å². The van der Waals surface area contributed by atoms with Gasteiger partial charge in [-0.25, -0.2) is 0 Å². The van der Waals surface area contributed by atoms with E-state index < -0.39 is 6.10 Å². The fraction of sp³-hybridized carbons (Fsp3) is 0.727. The number of ether oxygens (including phenoxy) is 1. The molecular weight excluding hydrogens is 196 g/mol. The topological polar surface area (TPSA) is 66.8 Å². The predicted octanol–water partition coefficient (Wildman–Crippen LogP) is 1.02. The maximum absolute atomic E-state index is 11.0. The summed E-state index contributed by atoms with van der Waals surface area (Å²) in [4.78, 5) is 11.0. The fourth-order valence-corrected chi connectivity index (χ4v) is 0.918. The van der Waals surface area contributed by atoms with Crippen LogP contribution in [-0.4, -0.2) is 35.5 Å². The van der Waals surface area contributed by atoms with Crippen LogP contribution in [0, 0.1) is 0 Å². The van der Waals surface area contributed by atoms with Crippen molar-refractivity contribution in [1.29, 1.82) is 0 Å². The first-order valence-electron chi connectivity index (χ1n) is 5.30. The van der Waals surface area contributed by atoms with Crippen molar-refractivity contribution < 1.29 is 19.7 Å². The number of hydrogen-bond donors (Lipinski definition) is 2. The van der Waals surface area contributed by atoms with Gasteiger partial charge in [0, 0.05) is 6.42 Å². The van der Waals surface area contributed by atoms with Gasteiger partial charge < -0.3 is 14.9 Å². The Balaban J connectivity index is 3.41. The first-order valence-corrected chi connectivity index (χ1v) is 5.30. The molecule has 0 heterocycles. The van der Waals surface area contributed by atoms with E-state index in [0.717, 1.165) is 12.8 Å². The lowest BCUT2D eigenvalue weighted by molar-refractivity contribution is -0.147. The van der Waals surface area contributed by atoms with E-state index in [2.05, 4.69) is 6.92 Å². The van der Waals surface area contributed by atoms with Gasteiger partial charge in [-0.2, -0.15) is 0 Å². The summed E-state index contributed by atoms with van der Waals surface area (Å²) in [5, 5.41) is 17.4. The molecule has 4 heteroatoms. The van der Waals surface area contributed by atoms with Gasteiger partial charge in [-0.3, -0.25) is 4.79 Å². The molecule has 0 aromatic rings. The molecule has 0 aromatic heterocycles. The molecule has 1 unspecified atom stereocenters. The van der Waals surface area contributed by atoms with Crippen molar-refractivity contribution >= 4 is 5.97 Å². The number of carbonyl (C=O) groups excluding carboxylic acids is 1. The molecule has 1 atom stereocenters. The second-order valence-corrected chi connectivity index (χ2v) is 3.32. The highest BCUT2D eigenvalue weighted by Crippen LogP contribution is 1.97. The summed E-state index contributed by atoms with van der Waals surface area (Å²) >= 11 is 0. The van der Waals surface area contributed by atoms with Gasteiger partial charge in [0.05, 0.1) is 6.61 Å². The van der Waals surface area contributed by atoms with Crippen molar-refractivity contribution in [3.05, 3.63) is 12.2 Å². The second-order valence-electron chi connectivity index (χ2n) is 3.32. The Bertz CT molecular complexity index is 189. The molecule has 0 spiro atoms. The summed E-state index contributed by atoms with van der Waals surface area (Å²) < 4.78 is 4.72. The number of hydrogen-bond acceptors (Lipinski definition) is 4. The van der Waals surface area contributed by atoms with Crippen molar-refractivity contribution in [3.8, 4) is 0 Å². The Morgan fingerprint density at radius 1 is 1.40 bits per heavy atom. The molecule has 0 aromatic carbocycles. The third-order valence-electron chi connectivity index (χ3n) is 1.78. The minimum atomic E-state index is -0.968. The molecule has 0 amide bonds. The molecule has 0 radical (unpaired) electrons. The largest absolute Gasteiger partial charge is 0.463 e. The van der Waals surface area contributed by atoms with E-state index in [0.29, 0.717) is 12.8 Å². The highest BCUT2D eigenvalue weighted by atomic mass is 16.5. The fourth-order valence-electron chi connectivity index (χ4n) is 0.918. The number of rotatable bonds is 8. The van der Waals surface area contributed by atoms with E-state index in [-0.39, 0.29) is 19.2 Å². The van der Waals surface area contributed by atoms with Crippen molar-refractivity contribution in [2.45, 2.75) is 38.7 Å². The molecule has 0 aliphatic carbocycles. The molecule has 0 saturated carbocycles. The normalized spacial score (nSPS) is 13.0. The maximum Gasteiger partial charge on any atom is 0.306 e. The minimum absolute atomic E-state index is 0.131. The molecule has 0 fully saturated rings. The van der Waals surface area contributed by atoms with Crippen LogP contribution in [0.5, 0.6) is 0 Å². The van der Waals surface area contributed by atoms with E-state index >= 15 is 0 Å². The smallest absolute Gasteiger partial charge is 0.306 e. The quantitative estimate of drug-likeness (QED) is 0.469. The Labute approximate surface area is 90.6 Å².